The molecule has 1 aliphatic heterocycles. The van der Waals surface area contributed by atoms with Gasteiger partial charge in [-0.2, -0.15) is 0 Å². The second kappa shape index (κ2) is 8.64. The Kier molecular flexibility index (Phi) is 5.93. The summed E-state index contributed by atoms with van der Waals surface area (Å²) in [4.78, 5) is 35.7. The van der Waals surface area contributed by atoms with Crippen LogP contribution in [0, 0.1) is 13.8 Å². The highest BCUT2D eigenvalue weighted by atomic mass is 35.5. The molecule has 1 unspecified atom stereocenters. The number of aliphatic hydroxyl groups is 1. The number of benzene rings is 1. The van der Waals surface area contributed by atoms with Crippen LogP contribution in [0.25, 0.3) is 0 Å². The Labute approximate surface area is 188 Å². The van der Waals surface area contributed by atoms with Gasteiger partial charge in [0.05, 0.1) is 33.7 Å². The zero-order valence-electron chi connectivity index (χ0n) is 17.1. The molecule has 0 fully saturated rings. The molecule has 1 atom stereocenters. The number of amides is 1. The van der Waals surface area contributed by atoms with Gasteiger partial charge in [0.15, 0.2) is 5.76 Å². The van der Waals surface area contributed by atoms with Crippen molar-refractivity contribution < 1.29 is 19.3 Å². The van der Waals surface area contributed by atoms with Gasteiger partial charge in [0.25, 0.3) is 5.91 Å². The van der Waals surface area contributed by atoms with Crippen LogP contribution in [-0.4, -0.2) is 38.2 Å². The number of imidazole rings is 1. The van der Waals surface area contributed by atoms with Crippen molar-refractivity contribution in [2.75, 3.05) is 6.54 Å². The molecule has 0 saturated carbocycles. The SMILES string of the molecule is Cc1nc(C)c(C(=O)C2=C(O)C(=O)N(CCC[n+]3cc[nH]c3)C2c2ccc(Cl)cc2)s1. The third-order valence-electron chi connectivity index (χ3n) is 5.26. The molecule has 160 valence electrons. The number of thiazole rings is 1. The lowest BCUT2D eigenvalue weighted by Gasteiger charge is -2.26. The van der Waals surface area contributed by atoms with E-state index in [4.69, 9.17) is 11.6 Å². The van der Waals surface area contributed by atoms with E-state index < -0.39 is 17.7 Å². The number of aromatic amines is 1. The highest BCUT2D eigenvalue weighted by Gasteiger charge is 2.44. The lowest BCUT2D eigenvalue weighted by Crippen LogP contribution is -2.36. The number of rotatable bonds is 7. The molecule has 0 bridgehead atoms. The van der Waals surface area contributed by atoms with Crippen LogP contribution in [-0.2, 0) is 11.3 Å². The number of Topliss-reactive ketones (excluding diaryl/α,β-unsaturated/α-hetero) is 1. The molecule has 0 spiro atoms. The zero-order chi connectivity index (χ0) is 22.1. The summed E-state index contributed by atoms with van der Waals surface area (Å²) in [7, 11) is 0. The third kappa shape index (κ3) is 4.13. The molecule has 31 heavy (non-hydrogen) atoms. The molecule has 4 rings (SSSR count). The molecular weight excluding hydrogens is 436 g/mol. The molecule has 9 heteroatoms. The Balaban J connectivity index is 1.69. The maximum atomic E-state index is 13.4. The Morgan fingerprint density at radius 2 is 2.06 bits per heavy atom. The van der Waals surface area contributed by atoms with Gasteiger partial charge in [0.2, 0.25) is 12.1 Å². The minimum atomic E-state index is -0.685. The van der Waals surface area contributed by atoms with E-state index in [-0.39, 0.29) is 11.4 Å². The molecule has 0 radical (unpaired) electrons. The first kappa shape index (κ1) is 21.3. The Bertz CT molecular complexity index is 1150. The molecule has 0 saturated heterocycles. The fraction of sp³-hybridized carbons (Fsp3) is 0.273. The third-order valence-corrected chi connectivity index (χ3v) is 6.59. The smallest absolute Gasteiger partial charge is 0.290 e. The summed E-state index contributed by atoms with van der Waals surface area (Å²) >= 11 is 7.32. The number of aromatic nitrogens is 3. The molecule has 7 nitrogen and oxygen atoms in total. The number of hydrogen-bond acceptors (Lipinski definition) is 5. The van der Waals surface area contributed by atoms with Crippen LogP contribution >= 0.6 is 22.9 Å². The van der Waals surface area contributed by atoms with Gasteiger partial charge >= 0.3 is 0 Å². The normalized spacial score (nSPS) is 16.4. The van der Waals surface area contributed by atoms with Gasteiger partial charge in [0.1, 0.15) is 12.4 Å². The number of hydrogen-bond donors (Lipinski definition) is 2. The minimum absolute atomic E-state index is 0.0911. The van der Waals surface area contributed by atoms with E-state index in [1.54, 1.807) is 36.1 Å². The van der Waals surface area contributed by atoms with E-state index >= 15 is 0 Å². The number of carbonyl (C=O) groups is 2. The van der Waals surface area contributed by atoms with Gasteiger partial charge in [-0.3, -0.25) is 14.6 Å². The summed E-state index contributed by atoms with van der Waals surface area (Å²) in [5.41, 5.74) is 1.41. The lowest BCUT2D eigenvalue weighted by atomic mass is 9.95. The van der Waals surface area contributed by atoms with E-state index in [1.165, 1.54) is 11.3 Å². The standard InChI is InChI=1S/C22H21ClN4O3S/c1-13-21(31-14(2)25-13)19(28)17-18(15-4-6-16(23)7-5-15)27(22(30)20(17)29)10-3-9-26-11-8-24-12-26/h4-8,11-12,18H,3,9-10H2,1-2H3,(H,28,29)/p+1. The van der Waals surface area contributed by atoms with Crippen molar-refractivity contribution in [3.05, 3.63) is 80.5 Å². The topological polar surface area (TPSA) is 90.2 Å². The van der Waals surface area contributed by atoms with Crippen LogP contribution in [0.4, 0.5) is 0 Å². The minimum Gasteiger partial charge on any atom is -0.503 e. The average Bonchev–Trinajstić information content (AvgIpc) is 3.43. The predicted molar refractivity (Wildman–Crippen MR) is 117 cm³/mol. The molecule has 3 heterocycles. The fourth-order valence-electron chi connectivity index (χ4n) is 3.86. The van der Waals surface area contributed by atoms with Gasteiger partial charge in [-0.05, 0) is 31.5 Å². The fourth-order valence-corrected chi connectivity index (χ4v) is 4.86. The van der Waals surface area contributed by atoms with Gasteiger partial charge in [-0.15, -0.1) is 11.3 Å². The van der Waals surface area contributed by atoms with Crippen molar-refractivity contribution in [3.8, 4) is 0 Å². The average molecular weight is 458 g/mol. The van der Waals surface area contributed by atoms with E-state index in [2.05, 4.69) is 9.97 Å². The number of halogens is 1. The molecule has 2 N–H and O–H groups in total. The van der Waals surface area contributed by atoms with Crippen molar-refractivity contribution in [3.63, 3.8) is 0 Å². The summed E-state index contributed by atoms with van der Waals surface area (Å²) < 4.78 is 1.97. The Morgan fingerprint density at radius 3 is 2.68 bits per heavy atom. The van der Waals surface area contributed by atoms with Crippen molar-refractivity contribution >= 4 is 34.6 Å². The van der Waals surface area contributed by atoms with Crippen molar-refractivity contribution in [2.45, 2.75) is 32.9 Å². The molecule has 2 aromatic heterocycles. The van der Waals surface area contributed by atoms with Crippen molar-refractivity contribution in [1.29, 1.82) is 0 Å². The summed E-state index contributed by atoms with van der Waals surface area (Å²) in [6.45, 7) is 4.65. The first-order valence-corrected chi connectivity index (χ1v) is 11.1. The van der Waals surface area contributed by atoms with Gasteiger partial charge in [-0.25, -0.2) is 9.55 Å². The van der Waals surface area contributed by atoms with E-state index in [0.717, 1.165) is 10.6 Å². The Hall–Kier alpha value is -2.97. The van der Waals surface area contributed by atoms with Gasteiger partial charge in [0, 0.05) is 18.0 Å². The molecule has 3 aromatic rings. The number of ketones is 1. The van der Waals surface area contributed by atoms with Gasteiger partial charge < -0.3 is 10.0 Å². The molecule has 0 aliphatic carbocycles. The summed E-state index contributed by atoms with van der Waals surface area (Å²) in [6.07, 6.45) is 6.22. The molecule has 1 aliphatic rings. The second-order valence-corrected chi connectivity index (χ2v) is 9.03. The molecule has 1 aromatic carbocycles. The number of nitrogens with zero attached hydrogens (tertiary/aromatic N) is 3. The number of nitrogens with one attached hydrogen (secondary N) is 1. The maximum Gasteiger partial charge on any atom is 0.290 e. The highest BCUT2D eigenvalue weighted by molar-refractivity contribution is 7.14. The van der Waals surface area contributed by atoms with Crippen LogP contribution in [0.5, 0.6) is 0 Å². The first-order valence-electron chi connectivity index (χ1n) is 9.87. The number of aliphatic hydroxyl groups excluding tert-OH is 1. The molecular formula is C22H22ClN4O3S+. The van der Waals surface area contributed by atoms with E-state index in [0.29, 0.717) is 35.1 Å². The van der Waals surface area contributed by atoms with Crippen LogP contribution < -0.4 is 4.57 Å². The van der Waals surface area contributed by atoms with E-state index in [9.17, 15) is 14.7 Å². The predicted octanol–water partition coefficient (Wildman–Crippen LogP) is 3.70. The molecule has 1 amide bonds. The maximum absolute atomic E-state index is 13.4. The monoisotopic (exact) mass is 457 g/mol. The lowest BCUT2D eigenvalue weighted by molar-refractivity contribution is -0.695. The van der Waals surface area contributed by atoms with Crippen LogP contribution in [0.2, 0.25) is 5.02 Å². The van der Waals surface area contributed by atoms with Crippen LogP contribution in [0.15, 0.2) is 54.3 Å². The summed E-state index contributed by atoms with van der Waals surface area (Å²) in [5, 5.41) is 12.1. The van der Waals surface area contributed by atoms with Crippen LogP contribution in [0.3, 0.4) is 0 Å². The summed E-state index contributed by atoms with van der Waals surface area (Å²) in [5.74, 6) is -1.40. The second-order valence-electron chi connectivity index (χ2n) is 7.39. The largest absolute Gasteiger partial charge is 0.503 e. The number of H-pyrrole nitrogens is 1. The highest BCUT2D eigenvalue weighted by Crippen LogP contribution is 2.40. The summed E-state index contributed by atoms with van der Waals surface area (Å²) in [6, 6.07) is 6.31. The first-order chi connectivity index (χ1) is 14.9. The van der Waals surface area contributed by atoms with Crippen molar-refractivity contribution in [2.24, 2.45) is 0 Å². The quantitative estimate of drug-likeness (QED) is 0.418. The van der Waals surface area contributed by atoms with Crippen LogP contribution in [0.1, 0.15) is 38.4 Å². The Morgan fingerprint density at radius 1 is 1.32 bits per heavy atom. The zero-order valence-corrected chi connectivity index (χ0v) is 18.7. The number of aryl methyl sites for hydroxylation is 3. The van der Waals surface area contributed by atoms with E-state index in [1.807, 2.05) is 30.2 Å². The number of carbonyl (C=O) groups excluding carboxylic acids is 2. The van der Waals surface area contributed by atoms with Crippen molar-refractivity contribution in [1.82, 2.24) is 14.9 Å². The van der Waals surface area contributed by atoms with Gasteiger partial charge in [-0.1, -0.05) is 23.7 Å².